The van der Waals surface area contributed by atoms with E-state index in [1.165, 1.54) is 47.4 Å². The van der Waals surface area contributed by atoms with E-state index in [-0.39, 0.29) is 0 Å². The van der Waals surface area contributed by atoms with Crippen LogP contribution < -0.4 is 0 Å². The molecule has 0 N–H and O–H groups in total. The van der Waals surface area contributed by atoms with E-state index in [2.05, 4.69) is 144 Å². The number of fused-ring (bicyclic) bond motifs is 8. The number of hydrogen-bond donors (Lipinski definition) is 0. The van der Waals surface area contributed by atoms with E-state index in [0.29, 0.717) is 17.5 Å². The van der Waals surface area contributed by atoms with E-state index in [4.69, 9.17) is 19.9 Å². The van der Waals surface area contributed by atoms with Crippen LogP contribution in [0.15, 0.2) is 200 Å². The van der Waals surface area contributed by atoms with Crippen molar-refractivity contribution in [2.75, 3.05) is 0 Å². The summed E-state index contributed by atoms with van der Waals surface area (Å²) >= 11 is 1.83. The standard InChI is InChI=1S/C54H33N5S/c1-3-14-38(15-4-1)51-56-52(39-16-5-2-6-17-39)58-53(57-51)40-29-25-36(26-30-40)35-23-27-37(28-24-35)49-50-47(43-19-9-11-21-45(43)55-49)48-44-20-10-12-22-46(44)59(54(48)60-50)42-32-31-34-13-7-8-18-41(34)33-42/h1-33H. The van der Waals surface area contributed by atoms with Gasteiger partial charge in [-0.1, -0.05) is 176 Å². The van der Waals surface area contributed by atoms with Gasteiger partial charge in [0.15, 0.2) is 17.5 Å². The van der Waals surface area contributed by atoms with Crippen LogP contribution >= 0.6 is 11.3 Å². The Hall–Kier alpha value is -7.80. The Bertz CT molecular complexity index is 3520. The first kappa shape index (κ1) is 34.3. The zero-order valence-corrected chi connectivity index (χ0v) is 33.0. The smallest absolute Gasteiger partial charge is 0.164 e. The van der Waals surface area contributed by atoms with E-state index in [0.717, 1.165) is 50.3 Å². The summed E-state index contributed by atoms with van der Waals surface area (Å²) in [5, 5.41) is 7.42. The largest absolute Gasteiger partial charge is 0.301 e. The predicted molar refractivity (Wildman–Crippen MR) is 250 cm³/mol. The molecule has 0 saturated carbocycles. The summed E-state index contributed by atoms with van der Waals surface area (Å²) < 4.78 is 3.63. The topological polar surface area (TPSA) is 56.5 Å². The summed E-state index contributed by atoms with van der Waals surface area (Å²) in [6.45, 7) is 0. The summed E-state index contributed by atoms with van der Waals surface area (Å²) in [7, 11) is 0. The van der Waals surface area contributed by atoms with Gasteiger partial charge in [0.25, 0.3) is 0 Å². The molecule has 0 atom stereocenters. The molecule has 0 fully saturated rings. The number of aromatic nitrogens is 5. The van der Waals surface area contributed by atoms with Crippen LogP contribution in [0.1, 0.15) is 0 Å². The van der Waals surface area contributed by atoms with Crippen molar-refractivity contribution in [3.8, 4) is 62.2 Å². The van der Waals surface area contributed by atoms with Crippen molar-refractivity contribution in [2.24, 2.45) is 0 Å². The summed E-state index contributed by atoms with van der Waals surface area (Å²) in [5.41, 5.74) is 10.5. The van der Waals surface area contributed by atoms with Crippen molar-refractivity contribution in [1.29, 1.82) is 0 Å². The van der Waals surface area contributed by atoms with Crippen LogP contribution in [0.4, 0.5) is 0 Å². The normalized spacial score (nSPS) is 11.7. The van der Waals surface area contributed by atoms with Gasteiger partial charge in [0.05, 0.1) is 21.4 Å². The number of nitrogens with zero attached hydrogens (tertiary/aromatic N) is 5. The Morgan fingerprint density at radius 1 is 0.367 bits per heavy atom. The van der Waals surface area contributed by atoms with Crippen LogP contribution in [0.3, 0.4) is 0 Å². The number of benzene rings is 8. The molecule has 8 aromatic carbocycles. The lowest BCUT2D eigenvalue weighted by atomic mass is 9.99. The van der Waals surface area contributed by atoms with Gasteiger partial charge < -0.3 is 4.57 Å². The van der Waals surface area contributed by atoms with E-state index >= 15 is 0 Å². The molecular formula is C54H33N5S. The second kappa shape index (κ2) is 13.9. The van der Waals surface area contributed by atoms with Gasteiger partial charge in [0.2, 0.25) is 0 Å². The molecule has 12 rings (SSSR count). The molecule has 0 radical (unpaired) electrons. The molecule has 280 valence electrons. The Kier molecular flexibility index (Phi) is 7.96. The molecule has 0 spiro atoms. The average Bonchev–Trinajstić information content (AvgIpc) is 3.87. The van der Waals surface area contributed by atoms with Crippen molar-refractivity contribution in [3.05, 3.63) is 200 Å². The molecule has 60 heavy (non-hydrogen) atoms. The van der Waals surface area contributed by atoms with E-state index in [1.807, 2.05) is 72.0 Å². The Morgan fingerprint density at radius 3 is 1.55 bits per heavy atom. The lowest BCUT2D eigenvalue weighted by Gasteiger charge is -2.10. The molecule has 0 aliphatic heterocycles. The SMILES string of the molecule is c1ccc(-c2nc(-c3ccccc3)nc(-c3ccc(-c4ccc(-c5nc6ccccc6c6c5sc5c6c6ccccc6n5-c5ccc6ccccc6c5)cc4)cc3)n2)cc1. The summed E-state index contributed by atoms with van der Waals surface area (Å²) in [5.74, 6) is 1.94. The summed E-state index contributed by atoms with van der Waals surface area (Å²) in [4.78, 5) is 21.3. The fraction of sp³-hybridized carbons (Fsp3) is 0. The molecule has 4 heterocycles. The van der Waals surface area contributed by atoms with Crippen LogP contribution in [0.5, 0.6) is 0 Å². The molecule has 0 saturated heterocycles. The predicted octanol–water partition coefficient (Wildman–Crippen LogP) is 14.2. The third-order valence-corrected chi connectivity index (χ3v) is 12.6. The number of para-hydroxylation sites is 2. The molecule has 0 amide bonds. The molecular weight excluding hydrogens is 751 g/mol. The van der Waals surface area contributed by atoms with Crippen LogP contribution in [-0.2, 0) is 0 Å². The second-order valence-corrected chi connectivity index (χ2v) is 16.0. The van der Waals surface area contributed by atoms with Gasteiger partial charge in [-0.3, -0.25) is 0 Å². The number of hydrogen-bond acceptors (Lipinski definition) is 5. The quantitative estimate of drug-likeness (QED) is 0.169. The third-order valence-electron chi connectivity index (χ3n) is 11.5. The van der Waals surface area contributed by atoms with Crippen LogP contribution in [0.2, 0.25) is 0 Å². The van der Waals surface area contributed by atoms with Crippen molar-refractivity contribution >= 4 is 64.2 Å². The number of rotatable bonds is 6. The Balaban J connectivity index is 0.952. The van der Waals surface area contributed by atoms with Crippen molar-refractivity contribution in [1.82, 2.24) is 24.5 Å². The van der Waals surface area contributed by atoms with Gasteiger partial charge in [0.1, 0.15) is 4.83 Å². The minimum Gasteiger partial charge on any atom is -0.301 e. The van der Waals surface area contributed by atoms with Crippen LogP contribution in [-0.4, -0.2) is 24.5 Å². The molecule has 5 nitrogen and oxygen atoms in total. The van der Waals surface area contributed by atoms with Crippen molar-refractivity contribution < 1.29 is 0 Å². The molecule has 0 aliphatic rings. The fourth-order valence-electron chi connectivity index (χ4n) is 8.53. The number of pyridine rings is 1. The molecule has 0 aliphatic carbocycles. The zero-order valence-electron chi connectivity index (χ0n) is 32.2. The highest BCUT2D eigenvalue weighted by Crippen LogP contribution is 2.48. The number of thiophene rings is 1. The molecule has 6 heteroatoms. The highest BCUT2D eigenvalue weighted by molar-refractivity contribution is 7.26. The van der Waals surface area contributed by atoms with E-state index in [9.17, 15) is 0 Å². The van der Waals surface area contributed by atoms with Gasteiger partial charge >= 0.3 is 0 Å². The fourth-order valence-corrected chi connectivity index (χ4v) is 9.91. The van der Waals surface area contributed by atoms with Gasteiger partial charge in [-0.2, -0.15) is 0 Å². The van der Waals surface area contributed by atoms with Gasteiger partial charge in [0, 0.05) is 49.5 Å². The Labute approximate surface area is 349 Å². The second-order valence-electron chi connectivity index (χ2n) is 15.0. The first-order valence-corrected chi connectivity index (χ1v) is 20.9. The first-order valence-electron chi connectivity index (χ1n) is 20.1. The van der Waals surface area contributed by atoms with Crippen LogP contribution in [0.25, 0.3) is 115 Å². The zero-order chi connectivity index (χ0) is 39.6. The summed E-state index contributed by atoms with van der Waals surface area (Å²) in [6, 6.07) is 70.2. The lowest BCUT2D eigenvalue weighted by Crippen LogP contribution is -2.00. The average molecular weight is 784 g/mol. The molecule has 0 unspecified atom stereocenters. The van der Waals surface area contributed by atoms with Gasteiger partial charge in [-0.05, 0) is 46.2 Å². The van der Waals surface area contributed by atoms with E-state index < -0.39 is 0 Å². The monoisotopic (exact) mass is 783 g/mol. The van der Waals surface area contributed by atoms with E-state index in [1.54, 1.807) is 0 Å². The first-order chi connectivity index (χ1) is 29.7. The third kappa shape index (κ3) is 5.69. The highest BCUT2D eigenvalue weighted by Gasteiger charge is 2.23. The highest BCUT2D eigenvalue weighted by atomic mass is 32.1. The van der Waals surface area contributed by atoms with Gasteiger partial charge in [-0.15, -0.1) is 11.3 Å². The Morgan fingerprint density at radius 2 is 0.883 bits per heavy atom. The van der Waals surface area contributed by atoms with Gasteiger partial charge in [-0.25, -0.2) is 19.9 Å². The summed E-state index contributed by atoms with van der Waals surface area (Å²) in [6.07, 6.45) is 0. The maximum absolute atomic E-state index is 5.36. The maximum Gasteiger partial charge on any atom is 0.164 e. The minimum absolute atomic E-state index is 0.639. The van der Waals surface area contributed by atoms with Crippen molar-refractivity contribution in [3.63, 3.8) is 0 Å². The molecule has 12 aromatic rings. The molecule has 4 aromatic heterocycles. The van der Waals surface area contributed by atoms with Crippen LogP contribution in [0, 0.1) is 0 Å². The molecule has 0 bridgehead atoms. The van der Waals surface area contributed by atoms with Crippen molar-refractivity contribution in [2.45, 2.75) is 0 Å². The lowest BCUT2D eigenvalue weighted by molar-refractivity contribution is 1.07. The minimum atomic E-state index is 0.639. The maximum atomic E-state index is 5.36.